The molecule has 28 heavy (non-hydrogen) atoms. The molecule has 4 rings (SSSR count). The van der Waals surface area contributed by atoms with Crippen molar-refractivity contribution in [2.45, 2.75) is 38.1 Å². The smallest absolute Gasteiger partial charge is 0.220 e. The van der Waals surface area contributed by atoms with E-state index in [9.17, 15) is 4.79 Å². The Balaban J connectivity index is 1.43. The van der Waals surface area contributed by atoms with E-state index in [-0.39, 0.29) is 11.9 Å². The van der Waals surface area contributed by atoms with Crippen LogP contribution in [0.15, 0.2) is 54.6 Å². The quantitative estimate of drug-likeness (QED) is 0.646. The average molecular weight is 393 g/mol. The fraction of sp³-hybridized carbons (Fsp3) is 0.304. The second kappa shape index (κ2) is 8.57. The second-order valence-corrected chi connectivity index (χ2v) is 8.05. The minimum atomic E-state index is 0.0730. The number of aryl methyl sites for hydroxylation is 2. The van der Waals surface area contributed by atoms with Crippen molar-refractivity contribution in [3.05, 3.63) is 70.7 Å². The zero-order valence-electron chi connectivity index (χ0n) is 16.0. The standard InChI is InChI=1S/C23H24N2O2S/c1-27-20-13-6-5-8-16(20)14-15-21(26)24-18-11-7-12-19-22(18)28-23(25-19)17-9-3-2-4-10-17/h2-6,8-10,13,18H,7,11-12,14-15H2,1H3,(H,24,26)/t18-/m1/s1. The van der Waals surface area contributed by atoms with E-state index in [1.807, 2.05) is 42.5 Å². The fourth-order valence-electron chi connectivity index (χ4n) is 3.69. The Bertz CT molecular complexity index is 952. The summed E-state index contributed by atoms with van der Waals surface area (Å²) in [6.07, 6.45) is 4.16. The average Bonchev–Trinajstić information content (AvgIpc) is 3.18. The minimum absolute atomic E-state index is 0.0730. The van der Waals surface area contributed by atoms with Crippen molar-refractivity contribution in [1.82, 2.24) is 10.3 Å². The highest BCUT2D eigenvalue weighted by Crippen LogP contribution is 2.38. The summed E-state index contributed by atoms with van der Waals surface area (Å²) in [6.45, 7) is 0. The van der Waals surface area contributed by atoms with Crippen LogP contribution in [0.5, 0.6) is 5.75 Å². The van der Waals surface area contributed by atoms with E-state index in [1.54, 1.807) is 18.4 Å². The van der Waals surface area contributed by atoms with E-state index in [0.717, 1.165) is 46.8 Å². The SMILES string of the molecule is COc1ccccc1CCC(=O)N[C@@H]1CCCc2nc(-c3ccccc3)sc21. The summed E-state index contributed by atoms with van der Waals surface area (Å²) in [6, 6.07) is 18.2. The first-order valence-electron chi connectivity index (χ1n) is 9.71. The number of aromatic nitrogens is 1. The van der Waals surface area contributed by atoms with E-state index in [4.69, 9.17) is 9.72 Å². The Morgan fingerprint density at radius 1 is 1.18 bits per heavy atom. The highest BCUT2D eigenvalue weighted by molar-refractivity contribution is 7.15. The number of ether oxygens (including phenoxy) is 1. The van der Waals surface area contributed by atoms with Crippen LogP contribution in [0.25, 0.3) is 10.6 Å². The molecular formula is C23H24N2O2S. The third kappa shape index (κ3) is 4.09. The van der Waals surface area contributed by atoms with E-state index >= 15 is 0 Å². The normalized spacial score (nSPS) is 15.7. The van der Waals surface area contributed by atoms with Gasteiger partial charge in [-0.3, -0.25) is 4.79 Å². The number of para-hydroxylation sites is 1. The van der Waals surface area contributed by atoms with Crippen molar-refractivity contribution in [1.29, 1.82) is 0 Å². The number of nitrogens with one attached hydrogen (secondary N) is 1. The molecule has 2 aromatic carbocycles. The lowest BCUT2D eigenvalue weighted by atomic mass is 9.97. The van der Waals surface area contributed by atoms with Gasteiger partial charge < -0.3 is 10.1 Å². The number of hydrogen-bond donors (Lipinski definition) is 1. The van der Waals surface area contributed by atoms with Gasteiger partial charge in [0, 0.05) is 12.0 Å². The molecule has 3 aromatic rings. The summed E-state index contributed by atoms with van der Waals surface area (Å²) in [7, 11) is 1.66. The molecular weight excluding hydrogens is 368 g/mol. The van der Waals surface area contributed by atoms with Gasteiger partial charge >= 0.3 is 0 Å². The number of benzene rings is 2. The van der Waals surface area contributed by atoms with Gasteiger partial charge in [0.25, 0.3) is 0 Å². The Kier molecular flexibility index (Phi) is 5.72. The number of fused-ring (bicyclic) bond motifs is 1. The van der Waals surface area contributed by atoms with Gasteiger partial charge in [0.05, 0.1) is 23.7 Å². The van der Waals surface area contributed by atoms with Crippen LogP contribution in [0.3, 0.4) is 0 Å². The summed E-state index contributed by atoms with van der Waals surface area (Å²) in [5.74, 6) is 0.920. The van der Waals surface area contributed by atoms with Gasteiger partial charge in [-0.1, -0.05) is 48.5 Å². The van der Waals surface area contributed by atoms with Gasteiger partial charge in [-0.05, 0) is 37.3 Å². The molecule has 0 saturated carbocycles. The Labute approximate surface area is 169 Å². The Hall–Kier alpha value is -2.66. The molecule has 4 nitrogen and oxygen atoms in total. The summed E-state index contributed by atoms with van der Waals surface area (Å²) < 4.78 is 5.38. The van der Waals surface area contributed by atoms with Crippen molar-refractivity contribution in [2.75, 3.05) is 7.11 Å². The predicted molar refractivity (Wildman–Crippen MR) is 113 cm³/mol. The lowest BCUT2D eigenvalue weighted by molar-refractivity contribution is -0.121. The highest BCUT2D eigenvalue weighted by atomic mass is 32.1. The predicted octanol–water partition coefficient (Wildman–Crippen LogP) is 4.95. The topological polar surface area (TPSA) is 51.2 Å². The van der Waals surface area contributed by atoms with Gasteiger partial charge in [-0.15, -0.1) is 11.3 Å². The van der Waals surface area contributed by atoms with Crippen LogP contribution >= 0.6 is 11.3 Å². The molecule has 1 N–H and O–H groups in total. The Morgan fingerprint density at radius 2 is 1.96 bits per heavy atom. The largest absolute Gasteiger partial charge is 0.496 e. The number of hydrogen-bond acceptors (Lipinski definition) is 4. The highest BCUT2D eigenvalue weighted by Gasteiger charge is 2.26. The molecule has 1 amide bonds. The van der Waals surface area contributed by atoms with Gasteiger partial charge in [0.1, 0.15) is 10.8 Å². The second-order valence-electron chi connectivity index (χ2n) is 7.02. The third-order valence-corrected chi connectivity index (χ3v) is 6.38. The van der Waals surface area contributed by atoms with Gasteiger partial charge in [0.15, 0.2) is 0 Å². The molecule has 1 aliphatic carbocycles. The molecule has 0 spiro atoms. The zero-order chi connectivity index (χ0) is 19.3. The molecule has 0 radical (unpaired) electrons. The van der Waals surface area contributed by atoms with E-state index in [1.165, 1.54) is 4.88 Å². The maximum absolute atomic E-state index is 12.6. The van der Waals surface area contributed by atoms with Crippen molar-refractivity contribution >= 4 is 17.2 Å². The van der Waals surface area contributed by atoms with Crippen LogP contribution in [0.2, 0.25) is 0 Å². The maximum atomic E-state index is 12.6. The first kappa shape index (κ1) is 18.7. The third-order valence-electron chi connectivity index (χ3n) is 5.12. The number of rotatable bonds is 6. The molecule has 0 bridgehead atoms. The molecule has 1 aromatic heterocycles. The Morgan fingerprint density at radius 3 is 2.79 bits per heavy atom. The molecule has 0 saturated heterocycles. The first-order valence-corrected chi connectivity index (χ1v) is 10.5. The lowest BCUT2D eigenvalue weighted by Gasteiger charge is -2.22. The van der Waals surface area contributed by atoms with Crippen LogP contribution in [-0.2, 0) is 17.6 Å². The number of nitrogens with zero attached hydrogens (tertiary/aromatic N) is 1. The number of carbonyl (C=O) groups is 1. The molecule has 5 heteroatoms. The van der Waals surface area contributed by atoms with Gasteiger partial charge in [-0.2, -0.15) is 0 Å². The molecule has 1 aliphatic rings. The van der Waals surface area contributed by atoms with Crippen molar-refractivity contribution < 1.29 is 9.53 Å². The van der Waals surface area contributed by atoms with E-state index < -0.39 is 0 Å². The fourth-order valence-corrected chi connectivity index (χ4v) is 4.89. The molecule has 0 aliphatic heterocycles. The maximum Gasteiger partial charge on any atom is 0.220 e. The summed E-state index contributed by atoms with van der Waals surface area (Å²) in [5.41, 5.74) is 3.35. The lowest BCUT2D eigenvalue weighted by Crippen LogP contribution is -2.30. The van der Waals surface area contributed by atoms with Crippen LogP contribution in [-0.4, -0.2) is 18.0 Å². The van der Waals surface area contributed by atoms with Crippen LogP contribution < -0.4 is 10.1 Å². The van der Waals surface area contributed by atoms with Crippen LogP contribution in [0.4, 0.5) is 0 Å². The monoisotopic (exact) mass is 392 g/mol. The minimum Gasteiger partial charge on any atom is -0.496 e. The number of methoxy groups -OCH3 is 1. The molecule has 1 heterocycles. The van der Waals surface area contributed by atoms with Crippen molar-refractivity contribution in [2.24, 2.45) is 0 Å². The van der Waals surface area contributed by atoms with Gasteiger partial charge in [-0.25, -0.2) is 4.98 Å². The molecule has 0 unspecified atom stereocenters. The van der Waals surface area contributed by atoms with Crippen molar-refractivity contribution in [3.8, 4) is 16.3 Å². The molecule has 0 fully saturated rings. The summed E-state index contributed by atoms with van der Waals surface area (Å²) >= 11 is 1.71. The van der Waals surface area contributed by atoms with Crippen molar-refractivity contribution in [3.63, 3.8) is 0 Å². The number of thiazole rings is 1. The zero-order valence-corrected chi connectivity index (χ0v) is 16.8. The van der Waals surface area contributed by atoms with Crippen LogP contribution in [0, 0.1) is 0 Å². The van der Waals surface area contributed by atoms with E-state index in [2.05, 4.69) is 17.4 Å². The summed E-state index contributed by atoms with van der Waals surface area (Å²) in [5, 5.41) is 4.28. The number of carbonyl (C=O) groups excluding carboxylic acids is 1. The summed E-state index contributed by atoms with van der Waals surface area (Å²) in [4.78, 5) is 18.7. The van der Waals surface area contributed by atoms with Crippen LogP contribution in [0.1, 0.15) is 41.4 Å². The van der Waals surface area contributed by atoms with E-state index in [0.29, 0.717) is 12.8 Å². The van der Waals surface area contributed by atoms with Gasteiger partial charge in [0.2, 0.25) is 5.91 Å². The molecule has 1 atom stereocenters. The first-order chi connectivity index (χ1) is 13.7. The molecule has 144 valence electrons. The number of amides is 1.